The van der Waals surface area contributed by atoms with Crippen molar-refractivity contribution in [2.75, 3.05) is 5.32 Å². The average molecular weight is 328 g/mol. The zero-order valence-corrected chi connectivity index (χ0v) is 10.9. The Morgan fingerprint density at radius 3 is 2.68 bits per heavy atom. The minimum atomic E-state index is -0.821. The van der Waals surface area contributed by atoms with Crippen molar-refractivity contribution < 1.29 is 9.18 Å². The van der Waals surface area contributed by atoms with Gasteiger partial charge in [0, 0.05) is 11.9 Å². The number of halogens is 2. The van der Waals surface area contributed by atoms with Gasteiger partial charge in [-0.2, -0.15) is 0 Å². The molecule has 1 heterocycles. The van der Waals surface area contributed by atoms with Crippen LogP contribution in [0.25, 0.3) is 0 Å². The number of hydrogen-bond acceptors (Lipinski definition) is 3. The molecule has 1 aromatic carbocycles. The Hall–Kier alpha value is -2.22. The molecule has 0 fully saturated rings. The Morgan fingerprint density at radius 2 is 2.05 bits per heavy atom. The quantitative estimate of drug-likeness (QED) is 0.773. The number of aromatic amines is 2. The summed E-state index contributed by atoms with van der Waals surface area (Å²) < 4.78 is 13.5. The molecule has 1 aromatic heterocycles. The molecule has 2 rings (SSSR count). The topological polar surface area (TPSA) is 94.8 Å². The molecule has 6 nitrogen and oxygen atoms in total. The smallest absolute Gasteiger partial charge is 0.322 e. The monoisotopic (exact) mass is 327 g/mol. The molecular weight excluding hydrogens is 321 g/mol. The number of amides is 1. The predicted octanol–water partition coefficient (Wildman–Crippen LogP) is 1.22. The summed E-state index contributed by atoms with van der Waals surface area (Å²) in [4.78, 5) is 38.0. The molecule has 0 atom stereocenters. The second kappa shape index (κ2) is 5.19. The van der Waals surface area contributed by atoms with Gasteiger partial charge >= 0.3 is 5.69 Å². The van der Waals surface area contributed by atoms with Crippen LogP contribution in [0.4, 0.5) is 10.1 Å². The molecule has 3 N–H and O–H groups in total. The number of hydrogen-bond donors (Lipinski definition) is 3. The molecule has 0 saturated carbocycles. The number of benzene rings is 1. The minimum Gasteiger partial charge on any atom is -0.322 e. The van der Waals surface area contributed by atoms with Gasteiger partial charge < -0.3 is 10.3 Å². The molecule has 0 aliphatic carbocycles. The average Bonchev–Trinajstić information content (AvgIpc) is 2.33. The van der Waals surface area contributed by atoms with E-state index in [0.717, 1.165) is 12.3 Å². The largest absolute Gasteiger partial charge is 0.325 e. The van der Waals surface area contributed by atoms with E-state index in [4.69, 9.17) is 0 Å². The van der Waals surface area contributed by atoms with Gasteiger partial charge in [-0.1, -0.05) is 0 Å². The van der Waals surface area contributed by atoms with E-state index in [1.54, 1.807) is 0 Å². The van der Waals surface area contributed by atoms with Gasteiger partial charge in [0.15, 0.2) is 0 Å². The highest BCUT2D eigenvalue weighted by Gasteiger charge is 2.11. The Balaban J connectivity index is 2.28. The van der Waals surface area contributed by atoms with E-state index in [0.29, 0.717) is 0 Å². The third kappa shape index (κ3) is 2.97. The van der Waals surface area contributed by atoms with Crippen molar-refractivity contribution in [1.82, 2.24) is 9.97 Å². The minimum absolute atomic E-state index is 0.191. The lowest BCUT2D eigenvalue weighted by Crippen LogP contribution is -2.29. The molecule has 0 unspecified atom stereocenters. The first-order chi connectivity index (χ1) is 8.97. The summed E-state index contributed by atoms with van der Waals surface area (Å²) in [7, 11) is 0. The van der Waals surface area contributed by atoms with E-state index in [-0.39, 0.29) is 15.7 Å². The predicted molar refractivity (Wildman–Crippen MR) is 69.7 cm³/mol. The van der Waals surface area contributed by atoms with Crippen LogP contribution in [-0.4, -0.2) is 15.9 Å². The second-order valence-electron chi connectivity index (χ2n) is 3.57. The molecule has 1 amide bonds. The fourth-order valence-corrected chi connectivity index (χ4v) is 1.60. The first-order valence-electron chi connectivity index (χ1n) is 5.06. The molecule has 0 aliphatic rings. The fraction of sp³-hybridized carbons (Fsp3) is 0. The molecule has 0 radical (unpaired) electrons. The number of nitrogens with one attached hydrogen (secondary N) is 3. The van der Waals surface area contributed by atoms with Gasteiger partial charge in [-0.25, -0.2) is 9.18 Å². The molecule has 8 heteroatoms. The number of anilines is 1. The van der Waals surface area contributed by atoms with Crippen LogP contribution in [0.15, 0.2) is 38.5 Å². The van der Waals surface area contributed by atoms with E-state index in [2.05, 4.69) is 26.2 Å². The lowest BCUT2D eigenvalue weighted by atomic mass is 10.2. The molecule has 0 aliphatic heterocycles. The van der Waals surface area contributed by atoms with Crippen molar-refractivity contribution >= 4 is 27.5 Å². The van der Waals surface area contributed by atoms with Gasteiger partial charge in [0.2, 0.25) is 0 Å². The van der Waals surface area contributed by atoms with Gasteiger partial charge in [-0.05, 0) is 34.1 Å². The number of aromatic nitrogens is 2. The van der Waals surface area contributed by atoms with E-state index < -0.39 is 23.0 Å². The van der Waals surface area contributed by atoms with Gasteiger partial charge in [-0.3, -0.25) is 14.6 Å². The number of rotatable bonds is 2. The number of carbonyl (C=O) groups excluding carboxylic acids is 1. The summed E-state index contributed by atoms with van der Waals surface area (Å²) in [6.45, 7) is 0. The van der Waals surface area contributed by atoms with Crippen LogP contribution in [0, 0.1) is 5.82 Å². The highest BCUT2D eigenvalue weighted by Crippen LogP contribution is 2.19. The van der Waals surface area contributed by atoms with Gasteiger partial charge in [-0.15, -0.1) is 0 Å². The van der Waals surface area contributed by atoms with Gasteiger partial charge in [0.1, 0.15) is 11.4 Å². The van der Waals surface area contributed by atoms with Crippen LogP contribution < -0.4 is 16.6 Å². The van der Waals surface area contributed by atoms with Crippen molar-refractivity contribution in [3.8, 4) is 0 Å². The van der Waals surface area contributed by atoms with E-state index in [9.17, 15) is 18.8 Å². The fourth-order valence-electron chi connectivity index (χ4n) is 1.35. The Labute approximate surface area is 113 Å². The summed E-state index contributed by atoms with van der Waals surface area (Å²) in [5, 5.41) is 2.34. The Bertz CT molecular complexity index is 753. The molecule has 19 heavy (non-hydrogen) atoms. The summed E-state index contributed by atoms with van der Waals surface area (Å²) in [5.74, 6) is -1.30. The summed E-state index contributed by atoms with van der Waals surface area (Å²) in [5.41, 5.74) is -1.62. The lowest BCUT2D eigenvalue weighted by molar-refractivity contribution is 0.102. The molecule has 0 bridgehead atoms. The van der Waals surface area contributed by atoms with Gasteiger partial charge in [0.25, 0.3) is 11.5 Å². The number of carbonyl (C=O) groups is 1. The van der Waals surface area contributed by atoms with Crippen LogP contribution >= 0.6 is 15.9 Å². The summed E-state index contributed by atoms with van der Waals surface area (Å²) in [6, 6.07) is 3.98. The molecule has 0 spiro atoms. The van der Waals surface area contributed by atoms with E-state index in [1.165, 1.54) is 12.1 Å². The first-order valence-corrected chi connectivity index (χ1v) is 5.85. The standard InChI is InChI=1S/C11H7BrFN3O3/c12-7-2-1-5(3-8(7)13)15-9(17)6-4-14-11(19)16-10(6)18/h1-4H,(H,15,17)(H2,14,16,18,19). The molecule has 0 saturated heterocycles. The van der Waals surface area contributed by atoms with Crippen molar-refractivity contribution in [3.05, 3.63) is 61.1 Å². The van der Waals surface area contributed by atoms with Crippen LogP contribution in [0.3, 0.4) is 0 Å². The third-order valence-corrected chi connectivity index (χ3v) is 2.88. The SMILES string of the molecule is O=C(Nc1ccc(Br)c(F)c1)c1c[nH]c(=O)[nH]c1=O. The van der Waals surface area contributed by atoms with Gasteiger partial charge in [0.05, 0.1) is 4.47 Å². The normalized spacial score (nSPS) is 10.2. The van der Waals surface area contributed by atoms with Crippen molar-refractivity contribution in [1.29, 1.82) is 0 Å². The second-order valence-corrected chi connectivity index (χ2v) is 4.42. The number of H-pyrrole nitrogens is 2. The zero-order chi connectivity index (χ0) is 14.0. The maximum absolute atomic E-state index is 13.3. The van der Waals surface area contributed by atoms with Crippen LogP contribution in [0.5, 0.6) is 0 Å². The van der Waals surface area contributed by atoms with Crippen molar-refractivity contribution in [2.45, 2.75) is 0 Å². The Kier molecular flexibility index (Phi) is 3.61. The third-order valence-electron chi connectivity index (χ3n) is 2.24. The van der Waals surface area contributed by atoms with Crippen LogP contribution in [0.2, 0.25) is 0 Å². The van der Waals surface area contributed by atoms with Crippen LogP contribution in [-0.2, 0) is 0 Å². The highest BCUT2D eigenvalue weighted by atomic mass is 79.9. The maximum Gasteiger partial charge on any atom is 0.325 e. The van der Waals surface area contributed by atoms with E-state index >= 15 is 0 Å². The summed E-state index contributed by atoms with van der Waals surface area (Å²) >= 11 is 2.98. The lowest BCUT2D eigenvalue weighted by Gasteiger charge is -2.05. The summed E-state index contributed by atoms with van der Waals surface area (Å²) in [6.07, 6.45) is 0.992. The molecule has 98 valence electrons. The van der Waals surface area contributed by atoms with E-state index in [1.807, 2.05) is 4.98 Å². The van der Waals surface area contributed by atoms with Crippen molar-refractivity contribution in [2.24, 2.45) is 0 Å². The Morgan fingerprint density at radius 1 is 1.32 bits per heavy atom. The zero-order valence-electron chi connectivity index (χ0n) is 9.29. The van der Waals surface area contributed by atoms with Crippen molar-refractivity contribution in [3.63, 3.8) is 0 Å². The van der Waals surface area contributed by atoms with Crippen LogP contribution in [0.1, 0.15) is 10.4 Å². The maximum atomic E-state index is 13.3. The first kappa shape index (κ1) is 13.2. The highest BCUT2D eigenvalue weighted by molar-refractivity contribution is 9.10. The molecular formula is C11H7BrFN3O3. The molecule has 2 aromatic rings.